The monoisotopic (exact) mass is 426 g/mol. The van der Waals surface area contributed by atoms with Crippen LogP contribution in [0.5, 0.6) is 0 Å². The normalized spacial score (nSPS) is 11.4. The summed E-state index contributed by atoms with van der Waals surface area (Å²) in [6.07, 6.45) is 22.5. The molecular formula is C27H54O3. The van der Waals surface area contributed by atoms with E-state index in [4.69, 9.17) is 9.47 Å². The predicted octanol–water partition coefficient (Wildman–Crippen LogP) is 9.47. The lowest BCUT2D eigenvalue weighted by molar-refractivity contribution is 0.0529. The van der Waals surface area contributed by atoms with Crippen LogP contribution in [-0.2, 0) is 9.47 Å². The highest BCUT2D eigenvalue weighted by molar-refractivity contribution is 5.59. The summed E-state index contributed by atoms with van der Waals surface area (Å²) in [5.74, 6) is 1.69. The zero-order chi connectivity index (χ0) is 22.3. The summed E-state index contributed by atoms with van der Waals surface area (Å²) in [4.78, 5) is 11.6. The fourth-order valence-electron chi connectivity index (χ4n) is 3.78. The molecule has 30 heavy (non-hydrogen) atoms. The van der Waals surface area contributed by atoms with Crippen LogP contribution in [-0.4, -0.2) is 19.4 Å². The van der Waals surface area contributed by atoms with Crippen molar-refractivity contribution in [2.24, 2.45) is 11.8 Å². The minimum atomic E-state index is -0.481. The number of hydrogen-bond donors (Lipinski definition) is 0. The zero-order valence-electron chi connectivity index (χ0n) is 21.0. The molecule has 0 saturated carbocycles. The van der Waals surface area contributed by atoms with Gasteiger partial charge in [0.2, 0.25) is 0 Å². The van der Waals surface area contributed by atoms with E-state index in [-0.39, 0.29) is 0 Å². The Balaban J connectivity index is 3.17. The maximum absolute atomic E-state index is 11.6. The first kappa shape index (κ1) is 29.3. The first-order chi connectivity index (χ1) is 14.5. The van der Waals surface area contributed by atoms with Crippen LogP contribution in [0, 0.1) is 11.8 Å². The molecule has 0 radical (unpaired) electrons. The lowest BCUT2D eigenvalue weighted by Gasteiger charge is -2.07. The van der Waals surface area contributed by atoms with Gasteiger partial charge in [-0.3, -0.25) is 0 Å². The molecule has 0 saturated heterocycles. The van der Waals surface area contributed by atoms with E-state index in [1.807, 2.05) is 0 Å². The van der Waals surface area contributed by atoms with Gasteiger partial charge in [-0.05, 0) is 24.7 Å². The van der Waals surface area contributed by atoms with Crippen LogP contribution in [0.15, 0.2) is 0 Å². The van der Waals surface area contributed by atoms with Crippen molar-refractivity contribution in [3.63, 3.8) is 0 Å². The summed E-state index contributed by atoms with van der Waals surface area (Å²) >= 11 is 0. The molecule has 0 aliphatic carbocycles. The Morgan fingerprint density at radius 1 is 0.467 bits per heavy atom. The highest BCUT2D eigenvalue weighted by Crippen LogP contribution is 2.13. The lowest BCUT2D eigenvalue weighted by atomic mass is 10.0. The Morgan fingerprint density at radius 3 is 1.03 bits per heavy atom. The van der Waals surface area contributed by atoms with Crippen LogP contribution < -0.4 is 0 Å². The van der Waals surface area contributed by atoms with Gasteiger partial charge in [-0.25, -0.2) is 4.79 Å². The standard InChI is InChI=1S/C27H54O3/c1-25(2)21-17-13-9-5-7-11-15-19-23-29-27(28)30-24-20-16-12-8-6-10-14-18-22-26(3)4/h25-26H,5-24H2,1-4H3. The van der Waals surface area contributed by atoms with Gasteiger partial charge in [-0.15, -0.1) is 0 Å². The molecule has 0 fully saturated rings. The third-order valence-corrected chi connectivity index (χ3v) is 5.79. The molecule has 0 atom stereocenters. The molecule has 0 aliphatic heterocycles. The average molecular weight is 427 g/mol. The van der Waals surface area contributed by atoms with Gasteiger partial charge in [-0.2, -0.15) is 0 Å². The van der Waals surface area contributed by atoms with E-state index >= 15 is 0 Å². The maximum Gasteiger partial charge on any atom is 0.508 e. The minimum Gasteiger partial charge on any atom is -0.434 e. The largest absolute Gasteiger partial charge is 0.508 e. The van der Waals surface area contributed by atoms with Crippen molar-refractivity contribution in [1.82, 2.24) is 0 Å². The van der Waals surface area contributed by atoms with Gasteiger partial charge in [0.1, 0.15) is 0 Å². The number of carbonyl (C=O) groups excluding carboxylic acids is 1. The second-order valence-electron chi connectivity index (χ2n) is 9.97. The van der Waals surface area contributed by atoms with Crippen molar-refractivity contribution in [2.75, 3.05) is 13.2 Å². The van der Waals surface area contributed by atoms with Crippen molar-refractivity contribution in [2.45, 2.75) is 143 Å². The Kier molecular flexibility index (Phi) is 22.4. The van der Waals surface area contributed by atoms with E-state index < -0.39 is 6.16 Å². The number of unbranched alkanes of at least 4 members (excludes halogenated alkanes) is 14. The fourth-order valence-corrected chi connectivity index (χ4v) is 3.78. The van der Waals surface area contributed by atoms with E-state index in [0.717, 1.165) is 37.5 Å². The van der Waals surface area contributed by atoms with Crippen LogP contribution in [0.3, 0.4) is 0 Å². The molecule has 0 rings (SSSR count). The third-order valence-electron chi connectivity index (χ3n) is 5.79. The van der Waals surface area contributed by atoms with Crippen molar-refractivity contribution >= 4 is 6.16 Å². The van der Waals surface area contributed by atoms with Crippen molar-refractivity contribution in [3.8, 4) is 0 Å². The highest BCUT2D eigenvalue weighted by atomic mass is 16.7. The number of carbonyl (C=O) groups is 1. The van der Waals surface area contributed by atoms with E-state index in [0.29, 0.717) is 13.2 Å². The van der Waals surface area contributed by atoms with Crippen LogP contribution in [0.1, 0.15) is 143 Å². The molecule has 0 bridgehead atoms. The molecule has 0 amide bonds. The van der Waals surface area contributed by atoms with Gasteiger partial charge in [0, 0.05) is 0 Å². The molecule has 0 aromatic rings. The second kappa shape index (κ2) is 22.9. The fraction of sp³-hybridized carbons (Fsp3) is 0.963. The number of ether oxygens (including phenoxy) is 2. The summed E-state index contributed by atoms with van der Waals surface area (Å²) in [6, 6.07) is 0. The summed E-state index contributed by atoms with van der Waals surface area (Å²) in [5.41, 5.74) is 0. The van der Waals surface area contributed by atoms with Crippen LogP contribution in [0.4, 0.5) is 4.79 Å². The van der Waals surface area contributed by atoms with Gasteiger partial charge in [0.05, 0.1) is 13.2 Å². The molecule has 0 aromatic heterocycles. The molecule has 180 valence electrons. The summed E-state index contributed by atoms with van der Waals surface area (Å²) in [6.45, 7) is 10.2. The molecule has 0 N–H and O–H groups in total. The molecule has 3 heteroatoms. The van der Waals surface area contributed by atoms with Crippen LogP contribution in [0.25, 0.3) is 0 Å². The summed E-state index contributed by atoms with van der Waals surface area (Å²) in [5, 5.41) is 0. The second-order valence-corrected chi connectivity index (χ2v) is 9.97. The van der Waals surface area contributed by atoms with Gasteiger partial charge >= 0.3 is 6.16 Å². The Morgan fingerprint density at radius 2 is 0.733 bits per heavy atom. The third kappa shape index (κ3) is 25.3. The van der Waals surface area contributed by atoms with Gasteiger partial charge in [0.25, 0.3) is 0 Å². The summed E-state index contributed by atoms with van der Waals surface area (Å²) < 4.78 is 10.3. The van der Waals surface area contributed by atoms with Crippen molar-refractivity contribution in [1.29, 1.82) is 0 Å². The first-order valence-corrected chi connectivity index (χ1v) is 13.3. The van der Waals surface area contributed by atoms with Crippen molar-refractivity contribution < 1.29 is 14.3 Å². The Bertz CT molecular complexity index is 320. The number of rotatable bonds is 22. The molecule has 3 nitrogen and oxygen atoms in total. The molecule has 0 unspecified atom stereocenters. The summed E-state index contributed by atoms with van der Waals surface area (Å²) in [7, 11) is 0. The molecule has 0 heterocycles. The topological polar surface area (TPSA) is 35.5 Å². The molecule has 0 aromatic carbocycles. The van der Waals surface area contributed by atoms with E-state index in [1.165, 1.54) is 89.9 Å². The first-order valence-electron chi connectivity index (χ1n) is 13.3. The smallest absolute Gasteiger partial charge is 0.434 e. The van der Waals surface area contributed by atoms with Crippen molar-refractivity contribution in [3.05, 3.63) is 0 Å². The maximum atomic E-state index is 11.6. The van der Waals surface area contributed by atoms with E-state index in [2.05, 4.69) is 27.7 Å². The zero-order valence-corrected chi connectivity index (χ0v) is 21.0. The number of hydrogen-bond acceptors (Lipinski definition) is 3. The van der Waals surface area contributed by atoms with Gasteiger partial charge in [0.15, 0.2) is 0 Å². The van der Waals surface area contributed by atoms with Gasteiger partial charge in [-0.1, -0.05) is 130 Å². The SMILES string of the molecule is CC(C)CCCCCCCCCCOC(=O)OCCCCCCCCCCC(C)C. The molecule has 0 aliphatic rings. The quantitative estimate of drug-likeness (QED) is 0.128. The molecule has 0 spiro atoms. The predicted molar refractivity (Wildman–Crippen MR) is 130 cm³/mol. The van der Waals surface area contributed by atoms with E-state index in [1.54, 1.807) is 0 Å². The van der Waals surface area contributed by atoms with Crippen LogP contribution in [0.2, 0.25) is 0 Å². The lowest BCUT2D eigenvalue weighted by Crippen LogP contribution is -2.09. The molecular weight excluding hydrogens is 372 g/mol. The highest BCUT2D eigenvalue weighted by Gasteiger charge is 2.03. The van der Waals surface area contributed by atoms with Gasteiger partial charge < -0.3 is 9.47 Å². The van der Waals surface area contributed by atoms with E-state index in [9.17, 15) is 4.79 Å². The Labute approximate surface area is 189 Å². The Hall–Kier alpha value is -0.730. The average Bonchev–Trinajstić information content (AvgIpc) is 2.69. The minimum absolute atomic E-state index is 0.481. The van der Waals surface area contributed by atoms with Crippen LogP contribution >= 0.6 is 0 Å².